The highest BCUT2D eigenvalue weighted by molar-refractivity contribution is 6.31. The quantitative estimate of drug-likeness (QED) is 0.420. The number of fused-ring (bicyclic) bond motifs is 4. The lowest BCUT2D eigenvalue weighted by molar-refractivity contribution is -0.126. The van der Waals surface area contributed by atoms with Gasteiger partial charge in [0, 0.05) is 28.1 Å². The Morgan fingerprint density at radius 3 is 2.50 bits per heavy atom. The molecule has 6 rings (SSSR count). The molecule has 0 radical (unpaired) electrons. The molecule has 2 aliphatic heterocycles. The summed E-state index contributed by atoms with van der Waals surface area (Å²) in [4.78, 5) is 33.1. The van der Waals surface area contributed by atoms with E-state index in [1.807, 2.05) is 37.3 Å². The lowest BCUT2D eigenvalue weighted by atomic mass is 9.73. The third-order valence-corrected chi connectivity index (χ3v) is 7.40. The van der Waals surface area contributed by atoms with E-state index in [2.05, 4.69) is 20.6 Å². The number of anilines is 2. The second-order valence-corrected chi connectivity index (χ2v) is 9.87. The minimum Gasteiger partial charge on any atom is -0.309 e. The van der Waals surface area contributed by atoms with E-state index in [0.717, 1.165) is 11.1 Å². The number of carbonyl (C=O) groups excluding carboxylic acids is 2. The van der Waals surface area contributed by atoms with Crippen LogP contribution in [0.4, 0.5) is 11.5 Å². The van der Waals surface area contributed by atoms with Crippen molar-refractivity contribution in [2.45, 2.75) is 31.3 Å². The number of hydrogen-bond donors (Lipinski definition) is 1. The maximum absolute atomic E-state index is 14.2. The van der Waals surface area contributed by atoms with E-state index in [-0.39, 0.29) is 24.3 Å². The minimum atomic E-state index is -1.33. The van der Waals surface area contributed by atoms with Gasteiger partial charge in [0.25, 0.3) is 0 Å². The lowest BCUT2D eigenvalue weighted by Gasteiger charge is -2.31. The third kappa shape index (κ3) is 3.40. The molecule has 10 heteroatoms. The first-order valence-electron chi connectivity index (χ1n) is 11.4. The van der Waals surface area contributed by atoms with Gasteiger partial charge in [-0.3, -0.25) is 14.6 Å². The Morgan fingerprint density at radius 2 is 1.75 bits per heavy atom. The fourth-order valence-electron chi connectivity index (χ4n) is 5.12. The van der Waals surface area contributed by atoms with Crippen LogP contribution in [0.15, 0.2) is 67.0 Å². The second kappa shape index (κ2) is 8.43. The van der Waals surface area contributed by atoms with Gasteiger partial charge < -0.3 is 10.2 Å². The summed E-state index contributed by atoms with van der Waals surface area (Å²) in [6.45, 7) is 2.27. The Hall–Kier alpha value is -3.75. The third-order valence-electron chi connectivity index (χ3n) is 6.91. The average Bonchev–Trinajstić information content (AvgIpc) is 3.39. The van der Waals surface area contributed by atoms with Gasteiger partial charge in [0.05, 0.1) is 19.0 Å². The molecule has 8 nitrogen and oxygen atoms in total. The van der Waals surface area contributed by atoms with Crippen LogP contribution in [0.3, 0.4) is 0 Å². The number of nitrogens with zero attached hydrogens (tertiary/aromatic N) is 5. The van der Waals surface area contributed by atoms with E-state index in [9.17, 15) is 9.59 Å². The van der Waals surface area contributed by atoms with Gasteiger partial charge in [-0.15, -0.1) is 5.10 Å². The number of benzene rings is 2. The average molecular weight is 519 g/mol. The molecule has 4 aromatic rings. The molecule has 0 saturated heterocycles. The molecule has 0 fully saturated rings. The van der Waals surface area contributed by atoms with Gasteiger partial charge in [-0.2, -0.15) is 0 Å². The van der Waals surface area contributed by atoms with E-state index in [1.54, 1.807) is 46.2 Å². The summed E-state index contributed by atoms with van der Waals surface area (Å²) in [7, 11) is 0. The van der Waals surface area contributed by atoms with Crippen LogP contribution in [-0.2, 0) is 21.5 Å². The molecule has 2 aromatic carbocycles. The highest BCUT2D eigenvalue weighted by atomic mass is 35.5. The number of pyridine rings is 1. The van der Waals surface area contributed by atoms with Crippen molar-refractivity contribution in [2.75, 3.05) is 10.2 Å². The van der Waals surface area contributed by atoms with Crippen molar-refractivity contribution < 1.29 is 9.59 Å². The van der Waals surface area contributed by atoms with Gasteiger partial charge in [-0.05, 0) is 66.1 Å². The first-order chi connectivity index (χ1) is 17.4. The topological polar surface area (TPSA) is 93.0 Å². The smallest absolute Gasteiger partial charge is 0.244 e. The molecular formula is C26H20Cl2N6O2. The molecule has 0 bridgehead atoms. The molecule has 1 N–H and O–H groups in total. The molecule has 4 heterocycles. The number of hydrogen-bond acceptors (Lipinski definition) is 5. The number of nitrogens with one attached hydrogen (secondary N) is 1. The number of amides is 2. The number of carbonyl (C=O) groups is 2. The highest BCUT2D eigenvalue weighted by Crippen LogP contribution is 2.52. The predicted molar refractivity (Wildman–Crippen MR) is 136 cm³/mol. The molecule has 36 heavy (non-hydrogen) atoms. The lowest BCUT2D eigenvalue weighted by Crippen LogP contribution is -2.47. The number of aromatic nitrogens is 4. The fourth-order valence-corrected chi connectivity index (χ4v) is 5.42. The highest BCUT2D eigenvalue weighted by Gasteiger charge is 2.58. The molecule has 0 aliphatic carbocycles. The summed E-state index contributed by atoms with van der Waals surface area (Å²) in [6, 6.07) is 16.2. The van der Waals surface area contributed by atoms with Crippen molar-refractivity contribution in [3.8, 4) is 0 Å². The van der Waals surface area contributed by atoms with Crippen LogP contribution in [0.1, 0.15) is 41.8 Å². The van der Waals surface area contributed by atoms with Crippen molar-refractivity contribution in [1.82, 2.24) is 20.0 Å². The van der Waals surface area contributed by atoms with Gasteiger partial charge in [-0.1, -0.05) is 40.5 Å². The number of rotatable bonds is 4. The summed E-state index contributed by atoms with van der Waals surface area (Å²) >= 11 is 12.5. The monoisotopic (exact) mass is 518 g/mol. The van der Waals surface area contributed by atoms with Gasteiger partial charge in [-0.25, -0.2) is 4.68 Å². The molecule has 2 aromatic heterocycles. The predicted octanol–water partition coefficient (Wildman–Crippen LogP) is 4.76. The SMILES string of the molecule is CC(c1ccc(Cl)cc1)n1nnc2c1NC(=O)C[C@]21C(=O)N(Cc2ccncc2)c2ccc(Cl)cc21. The molecule has 0 saturated carbocycles. The Labute approximate surface area is 216 Å². The Kier molecular flexibility index (Phi) is 5.31. The van der Waals surface area contributed by atoms with E-state index < -0.39 is 5.41 Å². The van der Waals surface area contributed by atoms with Crippen LogP contribution in [0.2, 0.25) is 10.0 Å². The van der Waals surface area contributed by atoms with Crippen LogP contribution >= 0.6 is 23.2 Å². The fraction of sp³-hybridized carbons (Fsp3) is 0.192. The normalized spacial score (nSPS) is 19.2. The Balaban J connectivity index is 1.50. The van der Waals surface area contributed by atoms with E-state index in [1.165, 1.54) is 0 Å². The molecule has 1 unspecified atom stereocenters. The van der Waals surface area contributed by atoms with E-state index >= 15 is 0 Å². The van der Waals surface area contributed by atoms with Gasteiger partial charge in [0.15, 0.2) is 5.82 Å². The van der Waals surface area contributed by atoms with Crippen LogP contribution in [0.5, 0.6) is 0 Å². The van der Waals surface area contributed by atoms with E-state index in [0.29, 0.717) is 39.4 Å². The maximum atomic E-state index is 14.2. The molecule has 1 spiro atoms. The van der Waals surface area contributed by atoms with Gasteiger partial charge >= 0.3 is 0 Å². The molecule has 2 aliphatic rings. The molecule has 2 amide bonds. The Bertz CT molecular complexity index is 1500. The molecule has 180 valence electrons. The zero-order chi connectivity index (χ0) is 25.0. The van der Waals surface area contributed by atoms with Crippen LogP contribution in [0, 0.1) is 0 Å². The zero-order valence-corrected chi connectivity index (χ0v) is 20.7. The Morgan fingerprint density at radius 1 is 1.03 bits per heavy atom. The standard InChI is InChI=1S/C26H20Cl2N6O2/c1-15(17-2-4-18(27)5-3-17)34-24-23(31-32-34)26(13-22(35)30-24)20-12-19(28)6-7-21(20)33(25(26)36)14-16-8-10-29-11-9-16/h2-12,15H,13-14H2,1H3,(H,30,35)/t15?,26-/m1/s1. The van der Waals surface area contributed by atoms with Crippen LogP contribution in [-0.4, -0.2) is 31.8 Å². The number of halogens is 2. The van der Waals surface area contributed by atoms with Gasteiger partial charge in [0.1, 0.15) is 11.1 Å². The summed E-state index contributed by atoms with van der Waals surface area (Å²) in [6.07, 6.45) is 3.28. The summed E-state index contributed by atoms with van der Waals surface area (Å²) in [5.41, 5.74) is 2.27. The summed E-state index contributed by atoms with van der Waals surface area (Å²) in [5.74, 6) is -0.128. The van der Waals surface area contributed by atoms with Gasteiger partial charge in [0.2, 0.25) is 11.8 Å². The summed E-state index contributed by atoms with van der Waals surface area (Å²) in [5, 5.41) is 12.9. The molecular weight excluding hydrogens is 499 g/mol. The van der Waals surface area contributed by atoms with E-state index in [4.69, 9.17) is 23.2 Å². The van der Waals surface area contributed by atoms with Crippen molar-refractivity contribution in [1.29, 1.82) is 0 Å². The maximum Gasteiger partial charge on any atom is 0.244 e. The minimum absolute atomic E-state index is 0.0902. The van der Waals surface area contributed by atoms with Crippen LogP contribution < -0.4 is 10.2 Å². The first-order valence-corrected chi connectivity index (χ1v) is 12.2. The summed E-state index contributed by atoms with van der Waals surface area (Å²) < 4.78 is 1.64. The second-order valence-electron chi connectivity index (χ2n) is 9.00. The van der Waals surface area contributed by atoms with Crippen molar-refractivity contribution in [2.24, 2.45) is 0 Å². The van der Waals surface area contributed by atoms with Crippen molar-refractivity contribution >= 4 is 46.5 Å². The van der Waals surface area contributed by atoms with Crippen LogP contribution in [0.25, 0.3) is 0 Å². The molecule has 2 atom stereocenters. The van der Waals surface area contributed by atoms with Crippen molar-refractivity contribution in [3.05, 3.63) is 99.4 Å². The largest absolute Gasteiger partial charge is 0.309 e. The first kappa shape index (κ1) is 22.7. The van der Waals surface area contributed by atoms with Crippen molar-refractivity contribution in [3.63, 3.8) is 0 Å². The zero-order valence-electron chi connectivity index (χ0n) is 19.2.